The summed E-state index contributed by atoms with van der Waals surface area (Å²) in [4.78, 5) is 32.0. The summed E-state index contributed by atoms with van der Waals surface area (Å²) in [5, 5.41) is 22.0. The Morgan fingerprint density at radius 3 is 1.89 bits per heavy atom. The van der Waals surface area contributed by atoms with Crippen LogP contribution in [0.15, 0.2) is 4.79 Å². The molecule has 0 N–H and O–H groups in total. The van der Waals surface area contributed by atoms with E-state index < -0.39 is 9.85 Å². The number of hydrogen-bond donors (Lipinski definition) is 0. The molecule has 0 amide bonds. The highest BCUT2D eigenvalue weighted by Crippen LogP contribution is 2.42. The van der Waals surface area contributed by atoms with Crippen LogP contribution < -0.4 is 4.06 Å². The van der Waals surface area contributed by atoms with Gasteiger partial charge < -0.3 is 0 Å². The van der Waals surface area contributed by atoms with E-state index >= 15 is 0 Å². The van der Waals surface area contributed by atoms with E-state index in [0.29, 0.717) is 10.3 Å². The molecule has 1 aromatic heterocycles. The van der Waals surface area contributed by atoms with Gasteiger partial charge in [0.15, 0.2) is 0 Å². The number of fused-ring (bicyclic) bond motifs is 1. The van der Waals surface area contributed by atoms with Crippen molar-refractivity contribution in [3.8, 4) is 0 Å². The van der Waals surface area contributed by atoms with Gasteiger partial charge in [0.2, 0.25) is 0 Å². The monoisotopic (exact) mass is 286 g/mol. The largest absolute Gasteiger partial charge is 0.297 e. The maximum Gasteiger partial charge on any atom is 0.297 e. The summed E-state index contributed by atoms with van der Waals surface area (Å²) >= 11 is 1.56. The molecule has 2 aromatic rings. The standard InChI is InChI=1S/C9H6N2O5S2/c1-3-5(10(13)14)4(2)7-8(6(3)11(15)16)18-9(12)17-7/h1-2H3. The van der Waals surface area contributed by atoms with Gasteiger partial charge in [-0.2, -0.15) is 0 Å². The van der Waals surface area contributed by atoms with Gasteiger partial charge in [-0.15, -0.1) is 0 Å². The minimum Gasteiger partial charge on any atom is -0.265 e. The first-order chi connectivity index (χ1) is 8.34. The van der Waals surface area contributed by atoms with Crippen LogP contribution in [0.1, 0.15) is 11.1 Å². The molecule has 94 valence electrons. The van der Waals surface area contributed by atoms with Crippen LogP contribution in [0.3, 0.4) is 0 Å². The molecule has 7 nitrogen and oxygen atoms in total. The molecule has 0 radical (unpaired) electrons. The highest BCUT2D eigenvalue weighted by atomic mass is 32.2. The van der Waals surface area contributed by atoms with E-state index in [1.807, 2.05) is 0 Å². The molecule has 0 atom stereocenters. The Balaban J connectivity index is 3.10. The Kier molecular flexibility index (Phi) is 2.87. The average Bonchev–Trinajstić information content (AvgIpc) is 2.58. The third kappa shape index (κ3) is 1.68. The zero-order chi connectivity index (χ0) is 13.6. The molecule has 0 spiro atoms. The lowest BCUT2D eigenvalue weighted by Crippen LogP contribution is -2.00. The summed E-state index contributed by atoms with van der Waals surface area (Å²) in [5.41, 5.74) is -0.334. The molecule has 0 aliphatic carbocycles. The number of benzene rings is 1. The van der Waals surface area contributed by atoms with Crippen LogP contribution in [0.5, 0.6) is 0 Å². The first-order valence-electron chi connectivity index (χ1n) is 4.70. The van der Waals surface area contributed by atoms with Crippen LogP contribution in [-0.2, 0) is 0 Å². The summed E-state index contributed by atoms with van der Waals surface area (Å²) in [6.45, 7) is 2.83. The van der Waals surface area contributed by atoms with E-state index in [1.54, 1.807) is 0 Å². The first-order valence-corrected chi connectivity index (χ1v) is 6.33. The third-order valence-corrected chi connectivity index (χ3v) is 4.84. The summed E-state index contributed by atoms with van der Waals surface area (Å²) in [6.07, 6.45) is 0. The highest BCUT2D eigenvalue weighted by molar-refractivity contribution is 7.36. The number of rotatable bonds is 2. The van der Waals surface area contributed by atoms with Crippen LogP contribution in [-0.4, -0.2) is 9.85 Å². The quantitative estimate of drug-likeness (QED) is 0.623. The second-order valence-corrected chi connectivity index (χ2v) is 5.80. The minimum atomic E-state index is -0.674. The fourth-order valence-electron chi connectivity index (χ4n) is 1.85. The lowest BCUT2D eigenvalue weighted by molar-refractivity contribution is -0.394. The maximum atomic E-state index is 11.4. The molecule has 18 heavy (non-hydrogen) atoms. The van der Waals surface area contributed by atoms with Gasteiger partial charge in [0.1, 0.15) is 10.3 Å². The van der Waals surface area contributed by atoms with E-state index in [2.05, 4.69) is 0 Å². The molecule has 1 heterocycles. The minimum absolute atomic E-state index is 0.0101. The van der Waals surface area contributed by atoms with Crippen LogP contribution >= 0.6 is 22.7 Å². The Hall–Kier alpha value is -1.87. The number of nitro benzene ring substituents is 2. The van der Waals surface area contributed by atoms with Gasteiger partial charge in [0.25, 0.3) is 15.4 Å². The van der Waals surface area contributed by atoms with Gasteiger partial charge in [0.05, 0.1) is 14.5 Å². The maximum absolute atomic E-state index is 11.4. The van der Waals surface area contributed by atoms with Crippen molar-refractivity contribution in [3.63, 3.8) is 0 Å². The summed E-state index contributed by atoms with van der Waals surface area (Å²) in [6, 6.07) is 0. The Bertz CT molecular complexity index is 745. The molecule has 0 saturated carbocycles. The first kappa shape index (κ1) is 12.6. The lowest BCUT2D eigenvalue weighted by Gasteiger charge is -2.03. The van der Waals surface area contributed by atoms with Crippen molar-refractivity contribution in [1.29, 1.82) is 0 Å². The summed E-state index contributed by atoms with van der Waals surface area (Å²) in [7, 11) is 0. The van der Waals surface area contributed by atoms with E-state index in [9.17, 15) is 25.0 Å². The molecule has 0 bridgehead atoms. The van der Waals surface area contributed by atoms with Crippen LogP contribution in [0.25, 0.3) is 9.40 Å². The molecule has 2 rings (SSSR count). The zero-order valence-electron chi connectivity index (χ0n) is 9.25. The molecule has 0 fully saturated rings. The fourth-order valence-corrected chi connectivity index (χ4v) is 4.11. The molecule has 1 aromatic carbocycles. The van der Waals surface area contributed by atoms with E-state index in [0.717, 1.165) is 22.7 Å². The van der Waals surface area contributed by atoms with Gasteiger partial charge in [0, 0.05) is 5.56 Å². The Morgan fingerprint density at radius 2 is 1.39 bits per heavy atom. The summed E-state index contributed by atoms with van der Waals surface area (Å²) < 4.78 is 0.237. The molecule has 9 heteroatoms. The van der Waals surface area contributed by atoms with Crippen molar-refractivity contribution >= 4 is 43.4 Å². The number of hydrogen-bond acceptors (Lipinski definition) is 7. The van der Waals surface area contributed by atoms with Crippen molar-refractivity contribution in [3.05, 3.63) is 40.2 Å². The van der Waals surface area contributed by atoms with E-state index in [4.69, 9.17) is 0 Å². The van der Waals surface area contributed by atoms with Crippen molar-refractivity contribution in [1.82, 2.24) is 0 Å². The second kappa shape index (κ2) is 4.10. The van der Waals surface area contributed by atoms with Crippen LogP contribution in [0.2, 0.25) is 0 Å². The fraction of sp³-hybridized carbons (Fsp3) is 0.222. The lowest BCUT2D eigenvalue weighted by atomic mass is 10.1. The van der Waals surface area contributed by atoms with E-state index in [1.165, 1.54) is 13.8 Å². The average molecular weight is 286 g/mol. The predicted molar refractivity (Wildman–Crippen MR) is 68.8 cm³/mol. The molecular formula is C9H6N2O5S2. The molecule has 0 saturated heterocycles. The third-order valence-electron chi connectivity index (χ3n) is 2.56. The second-order valence-electron chi connectivity index (χ2n) is 3.57. The van der Waals surface area contributed by atoms with Gasteiger partial charge in [-0.05, 0) is 13.8 Å². The molecule has 0 aliphatic heterocycles. The topological polar surface area (TPSA) is 103 Å². The normalized spacial score (nSPS) is 10.8. The molecular weight excluding hydrogens is 280 g/mol. The van der Waals surface area contributed by atoms with Gasteiger partial charge >= 0.3 is 0 Å². The number of aryl methyl sites for hydroxylation is 1. The van der Waals surface area contributed by atoms with E-state index in [-0.39, 0.29) is 25.7 Å². The zero-order valence-corrected chi connectivity index (χ0v) is 10.9. The van der Waals surface area contributed by atoms with Crippen molar-refractivity contribution < 1.29 is 9.85 Å². The Morgan fingerprint density at radius 1 is 0.889 bits per heavy atom. The van der Waals surface area contributed by atoms with Crippen molar-refractivity contribution in [2.24, 2.45) is 0 Å². The van der Waals surface area contributed by atoms with Crippen molar-refractivity contribution in [2.45, 2.75) is 13.8 Å². The van der Waals surface area contributed by atoms with Gasteiger partial charge in [-0.25, -0.2) is 0 Å². The van der Waals surface area contributed by atoms with Crippen LogP contribution in [0, 0.1) is 34.1 Å². The van der Waals surface area contributed by atoms with Gasteiger partial charge in [-0.1, -0.05) is 22.7 Å². The number of nitrogens with zero attached hydrogens (tertiary/aromatic N) is 2. The molecule has 0 aliphatic rings. The number of nitro groups is 2. The molecule has 0 unspecified atom stereocenters. The van der Waals surface area contributed by atoms with Crippen molar-refractivity contribution in [2.75, 3.05) is 0 Å². The highest BCUT2D eigenvalue weighted by Gasteiger charge is 2.30. The SMILES string of the molecule is Cc1c([N+](=O)[O-])c(C)c2sc(=O)sc2c1[N+](=O)[O-]. The predicted octanol–water partition coefficient (Wildman–Crippen LogP) is 2.76. The van der Waals surface area contributed by atoms with Gasteiger partial charge in [-0.3, -0.25) is 25.0 Å². The summed E-state index contributed by atoms with van der Waals surface area (Å²) in [5.74, 6) is 0. The van der Waals surface area contributed by atoms with Crippen LogP contribution in [0.4, 0.5) is 11.4 Å². The Labute approximate surface area is 108 Å². The smallest absolute Gasteiger partial charge is 0.265 e.